The first kappa shape index (κ1) is 7.28. The lowest BCUT2D eigenvalue weighted by Gasteiger charge is -2.05. The van der Waals surface area contributed by atoms with E-state index < -0.39 is 0 Å². The highest BCUT2D eigenvalue weighted by Gasteiger charge is 2.42. The summed E-state index contributed by atoms with van der Waals surface area (Å²) in [5, 5.41) is 0. The summed E-state index contributed by atoms with van der Waals surface area (Å²) in [5.41, 5.74) is -0.158. The molecule has 0 aliphatic carbocycles. The van der Waals surface area contributed by atoms with Gasteiger partial charge in [0.2, 0.25) is 0 Å². The molecule has 0 aromatic carbocycles. The predicted octanol–water partition coefficient (Wildman–Crippen LogP) is 0.357. The number of epoxide rings is 2. The van der Waals surface area contributed by atoms with Crippen molar-refractivity contribution in [3.8, 4) is 0 Å². The highest BCUT2D eigenvalue weighted by atomic mass is 16.6. The highest BCUT2D eigenvalue weighted by Crippen LogP contribution is 2.28. The van der Waals surface area contributed by atoms with Gasteiger partial charge in [-0.05, 0) is 0 Å². The molecule has 62 valence electrons. The summed E-state index contributed by atoms with van der Waals surface area (Å²) in [7, 11) is 0. The van der Waals surface area contributed by atoms with Gasteiger partial charge in [0.1, 0.15) is 11.7 Å². The van der Waals surface area contributed by atoms with E-state index in [1.807, 2.05) is 0 Å². The smallest absolute Gasteiger partial charge is 0.133 e. The van der Waals surface area contributed by atoms with Crippen LogP contribution in [0.1, 0.15) is 0 Å². The van der Waals surface area contributed by atoms with Crippen LogP contribution in [0.15, 0.2) is 12.7 Å². The van der Waals surface area contributed by atoms with Crippen molar-refractivity contribution >= 4 is 0 Å². The molecule has 2 aliphatic heterocycles. The Morgan fingerprint density at radius 2 is 2.45 bits per heavy atom. The van der Waals surface area contributed by atoms with E-state index in [1.54, 1.807) is 6.08 Å². The van der Waals surface area contributed by atoms with Gasteiger partial charge in [-0.25, -0.2) is 0 Å². The maximum Gasteiger partial charge on any atom is 0.133 e. The summed E-state index contributed by atoms with van der Waals surface area (Å²) < 4.78 is 15.5. The lowest BCUT2D eigenvalue weighted by atomic mass is 10.2. The molecule has 0 bridgehead atoms. The van der Waals surface area contributed by atoms with Crippen molar-refractivity contribution in [3.05, 3.63) is 12.7 Å². The SMILES string of the molecule is C=CC1(COCC2CO2)CO1. The van der Waals surface area contributed by atoms with Crippen LogP contribution in [0.25, 0.3) is 0 Å². The monoisotopic (exact) mass is 156 g/mol. The average Bonchev–Trinajstić information content (AvgIpc) is 2.80. The largest absolute Gasteiger partial charge is 0.375 e. The highest BCUT2D eigenvalue weighted by molar-refractivity contribution is 5.06. The van der Waals surface area contributed by atoms with Crippen molar-refractivity contribution < 1.29 is 14.2 Å². The van der Waals surface area contributed by atoms with Gasteiger partial charge >= 0.3 is 0 Å². The van der Waals surface area contributed by atoms with Crippen molar-refractivity contribution in [2.45, 2.75) is 11.7 Å². The van der Waals surface area contributed by atoms with Gasteiger partial charge in [0.05, 0.1) is 26.4 Å². The van der Waals surface area contributed by atoms with Crippen LogP contribution in [0.5, 0.6) is 0 Å². The average molecular weight is 156 g/mol. The number of rotatable bonds is 5. The Hall–Kier alpha value is -0.380. The van der Waals surface area contributed by atoms with Crippen molar-refractivity contribution in [2.24, 2.45) is 0 Å². The molecule has 2 unspecified atom stereocenters. The van der Waals surface area contributed by atoms with Crippen molar-refractivity contribution in [1.29, 1.82) is 0 Å². The number of hydrogen-bond acceptors (Lipinski definition) is 3. The van der Waals surface area contributed by atoms with E-state index in [1.165, 1.54) is 0 Å². The summed E-state index contributed by atoms with van der Waals surface area (Å²) in [6, 6.07) is 0. The molecular weight excluding hydrogens is 144 g/mol. The summed E-state index contributed by atoms with van der Waals surface area (Å²) in [5.74, 6) is 0. The van der Waals surface area contributed by atoms with E-state index in [4.69, 9.17) is 14.2 Å². The maximum atomic E-state index is 5.35. The van der Waals surface area contributed by atoms with Gasteiger partial charge in [0, 0.05) is 0 Å². The Bertz CT molecular complexity index is 159. The Kier molecular flexibility index (Phi) is 1.71. The summed E-state index contributed by atoms with van der Waals surface area (Å²) in [6.45, 7) is 6.59. The van der Waals surface area contributed by atoms with Crippen LogP contribution >= 0.6 is 0 Å². The first-order valence-electron chi connectivity index (χ1n) is 3.82. The lowest BCUT2D eigenvalue weighted by Crippen LogP contribution is -2.17. The second-order valence-electron chi connectivity index (χ2n) is 3.03. The molecule has 0 spiro atoms. The summed E-state index contributed by atoms with van der Waals surface area (Å²) in [4.78, 5) is 0. The van der Waals surface area contributed by atoms with Gasteiger partial charge in [-0.15, -0.1) is 6.58 Å². The van der Waals surface area contributed by atoms with Gasteiger partial charge in [-0.3, -0.25) is 0 Å². The lowest BCUT2D eigenvalue weighted by molar-refractivity contribution is 0.0829. The molecule has 2 atom stereocenters. The van der Waals surface area contributed by atoms with E-state index in [9.17, 15) is 0 Å². The molecule has 0 N–H and O–H groups in total. The van der Waals surface area contributed by atoms with Gasteiger partial charge < -0.3 is 14.2 Å². The zero-order valence-corrected chi connectivity index (χ0v) is 6.41. The van der Waals surface area contributed by atoms with Gasteiger partial charge in [-0.2, -0.15) is 0 Å². The summed E-state index contributed by atoms with van der Waals surface area (Å²) in [6.07, 6.45) is 2.15. The number of hydrogen-bond donors (Lipinski definition) is 0. The second-order valence-corrected chi connectivity index (χ2v) is 3.03. The Morgan fingerprint density at radius 1 is 1.73 bits per heavy atom. The van der Waals surface area contributed by atoms with Gasteiger partial charge in [-0.1, -0.05) is 6.08 Å². The normalized spacial score (nSPS) is 40.2. The molecule has 0 amide bonds. The van der Waals surface area contributed by atoms with Crippen LogP contribution in [0.4, 0.5) is 0 Å². The Balaban J connectivity index is 1.61. The molecule has 0 aromatic rings. The molecular formula is C8H12O3. The fraction of sp³-hybridized carbons (Fsp3) is 0.750. The van der Waals surface area contributed by atoms with E-state index in [2.05, 4.69) is 6.58 Å². The topological polar surface area (TPSA) is 34.3 Å². The zero-order chi connectivity index (χ0) is 7.73. The van der Waals surface area contributed by atoms with E-state index in [0.29, 0.717) is 19.3 Å². The van der Waals surface area contributed by atoms with Gasteiger partial charge in [0.25, 0.3) is 0 Å². The van der Waals surface area contributed by atoms with Gasteiger partial charge in [0.15, 0.2) is 0 Å². The Labute approximate surface area is 65.9 Å². The zero-order valence-electron chi connectivity index (χ0n) is 6.41. The standard InChI is InChI=1S/C8H12O3/c1-2-8(6-11-8)5-9-3-7-4-10-7/h2,7H,1,3-6H2. The maximum absolute atomic E-state index is 5.35. The molecule has 2 heterocycles. The van der Waals surface area contributed by atoms with E-state index >= 15 is 0 Å². The third-order valence-corrected chi connectivity index (χ3v) is 1.94. The van der Waals surface area contributed by atoms with Crippen molar-refractivity contribution in [1.82, 2.24) is 0 Å². The minimum atomic E-state index is -0.158. The molecule has 3 heteroatoms. The Morgan fingerprint density at radius 3 is 2.91 bits per heavy atom. The fourth-order valence-electron chi connectivity index (χ4n) is 0.880. The third-order valence-electron chi connectivity index (χ3n) is 1.94. The van der Waals surface area contributed by atoms with Crippen LogP contribution in [-0.2, 0) is 14.2 Å². The second kappa shape index (κ2) is 2.59. The first-order valence-corrected chi connectivity index (χ1v) is 3.82. The molecule has 0 aromatic heterocycles. The van der Waals surface area contributed by atoms with Crippen LogP contribution < -0.4 is 0 Å². The van der Waals surface area contributed by atoms with Crippen molar-refractivity contribution in [2.75, 3.05) is 26.4 Å². The first-order chi connectivity index (χ1) is 5.35. The van der Waals surface area contributed by atoms with Crippen LogP contribution in [0.2, 0.25) is 0 Å². The van der Waals surface area contributed by atoms with E-state index in [-0.39, 0.29) is 5.60 Å². The minimum absolute atomic E-state index is 0.158. The third kappa shape index (κ3) is 1.80. The minimum Gasteiger partial charge on any atom is -0.375 e. The summed E-state index contributed by atoms with van der Waals surface area (Å²) >= 11 is 0. The van der Waals surface area contributed by atoms with Crippen molar-refractivity contribution in [3.63, 3.8) is 0 Å². The number of ether oxygens (including phenoxy) is 3. The molecule has 2 fully saturated rings. The van der Waals surface area contributed by atoms with E-state index in [0.717, 1.165) is 13.2 Å². The predicted molar refractivity (Wildman–Crippen MR) is 39.4 cm³/mol. The van der Waals surface area contributed by atoms with Crippen LogP contribution in [-0.4, -0.2) is 38.1 Å². The molecule has 3 nitrogen and oxygen atoms in total. The molecule has 11 heavy (non-hydrogen) atoms. The quantitative estimate of drug-likeness (QED) is 0.425. The van der Waals surface area contributed by atoms with Crippen LogP contribution in [0, 0.1) is 0 Å². The van der Waals surface area contributed by atoms with Crippen LogP contribution in [0.3, 0.4) is 0 Å². The molecule has 2 aliphatic rings. The molecule has 0 radical (unpaired) electrons. The fourth-order valence-corrected chi connectivity index (χ4v) is 0.880. The molecule has 2 saturated heterocycles. The molecule has 0 saturated carbocycles. The molecule has 2 rings (SSSR count).